The fourth-order valence-corrected chi connectivity index (χ4v) is 3.77. The minimum Gasteiger partial charge on any atom is -0.507 e. The fraction of sp³-hybridized carbons (Fsp3) is 0.111. The van der Waals surface area contributed by atoms with Crippen LogP contribution in [-0.4, -0.2) is 10.2 Å². The van der Waals surface area contributed by atoms with E-state index in [1.165, 1.54) is 0 Å². The van der Waals surface area contributed by atoms with E-state index < -0.39 is 0 Å². The van der Waals surface area contributed by atoms with Crippen molar-refractivity contribution in [3.63, 3.8) is 0 Å². The first-order valence-corrected chi connectivity index (χ1v) is 9.79. The number of aromatic hydroxyl groups is 2. The summed E-state index contributed by atoms with van der Waals surface area (Å²) in [7, 11) is 0. The van der Waals surface area contributed by atoms with E-state index in [-0.39, 0.29) is 11.5 Å². The molecule has 29 heavy (non-hydrogen) atoms. The quantitative estimate of drug-likeness (QED) is 0.417. The van der Waals surface area contributed by atoms with E-state index in [9.17, 15) is 10.2 Å². The normalized spacial score (nSPS) is 10.8. The molecule has 0 atom stereocenters. The lowest BCUT2D eigenvalue weighted by atomic mass is 9.92. The van der Waals surface area contributed by atoms with E-state index in [0.29, 0.717) is 6.42 Å². The van der Waals surface area contributed by atoms with Gasteiger partial charge in [0.25, 0.3) is 0 Å². The molecule has 4 aromatic carbocycles. The van der Waals surface area contributed by atoms with Crippen molar-refractivity contribution in [1.29, 1.82) is 0 Å². The Morgan fingerprint density at radius 1 is 0.517 bits per heavy atom. The summed E-state index contributed by atoms with van der Waals surface area (Å²) in [6.07, 6.45) is 0.459. The van der Waals surface area contributed by atoms with Crippen LogP contribution in [0.25, 0.3) is 22.3 Å². The summed E-state index contributed by atoms with van der Waals surface area (Å²) >= 11 is 0. The molecule has 0 aliphatic carbocycles. The van der Waals surface area contributed by atoms with Crippen LogP contribution in [0.5, 0.6) is 11.5 Å². The van der Waals surface area contributed by atoms with E-state index in [4.69, 9.17) is 0 Å². The molecule has 0 bridgehead atoms. The average Bonchev–Trinajstić information content (AvgIpc) is 2.75. The second-order valence-corrected chi connectivity index (χ2v) is 7.51. The fourth-order valence-electron chi connectivity index (χ4n) is 3.77. The summed E-state index contributed by atoms with van der Waals surface area (Å²) < 4.78 is 0. The lowest BCUT2D eigenvalue weighted by molar-refractivity contribution is 0.458. The number of phenols is 2. The van der Waals surface area contributed by atoms with Crippen molar-refractivity contribution in [3.8, 4) is 33.8 Å². The van der Waals surface area contributed by atoms with Gasteiger partial charge in [-0.15, -0.1) is 0 Å². The van der Waals surface area contributed by atoms with Gasteiger partial charge < -0.3 is 10.2 Å². The smallest absolute Gasteiger partial charge is 0.122 e. The first-order valence-electron chi connectivity index (χ1n) is 9.79. The van der Waals surface area contributed by atoms with Gasteiger partial charge in [0.05, 0.1) is 0 Å². The highest BCUT2D eigenvalue weighted by molar-refractivity contribution is 5.70. The van der Waals surface area contributed by atoms with Crippen LogP contribution in [0.3, 0.4) is 0 Å². The number of hydrogen-bond donors (Lipinski definition) is 2. The van der Waals surface area contributed by atoms with Crippen LogP contribution in [0.1, 0.15) is 22.3 Å². The standard InChI is InChI=1S/C27H24O2/c1-18-13-22(20-9-5-3-6-10-20)15-24(26(18)28)17-25-16-23(14-19(2)27(25)29)21-11-7-4-8-12-21/h3-16,28-29H,17H2,1-2H3. The molecule has 4 aromatic rings. The molecule has 4 rings (SSSR count). The summed E-state index contributed by atoms with van der Waals surface area (Å²) in [6.45, 7) is 3.83. The number of rotatable bonds is 4. The Labute approximate surface area is 171 Å². The van der Waals surface area contributed by atoms with Crippen molar-refractivity contribution in [2.24, 2.45) is 0 Å². The molecule has 0 unspecified atom stereocenters. The zero-order valence-electron chi connectivity index (χ0n) is 16.7. The maximum Gasteiger partial charge on any atom is 0.122 e. The third-order valence-corrected chi connectivity index (χ3v) is 5.35. The van der Waals surface area contributed by atoms with Gasteiger partial charge in [0.2, 0.25) is 0 Å². The summed E-state index contributed by atoms with van der Waals surface area (Å²) in [4.78, 5) is 0. The van der Waals surface area contributed by atoms with Gasteiger partial charge in [-0.05, 0) is 82.6 Å². The van der Waals surface area contributed by atoms with Crippen LogP contribution in [-0.2, 0) is 6.42 Å². The zero-order valence-corrected chi connectivity index (χ0v) is 16.7. The largest absolute Gasteiger partial charge is 0.507 e. The molecule has 0 aromatic heterocycles. The molecular formula is C27H24O2. The molecular weight excluding hydrogens is 356 g/mol. The molecule has 2 heteroatoms. The Morgan fingerprint density at radius 2 is 0.897 bits per heavy atom. The van der Waals surface area contributed by atoms with Gasteiger partial charge in [0, 0.05) is 6.42 Å². The minimum atomic E-state index is 0.284. The minimum absolute atomic E-state index is 0.284. The Balaban J connectivity index is 1.78. The maximum absolute atomic E-state index is 10.7. The van der Waals surface area contributed by atoms with Crippen LogP contribution < -0.4 is 0 Å². The molecule has 0 saturated carbocycles. The molecule has 0 heterocycles. The van der Waals surface area contributed by atoms with Crippen molar-refractivity contribution >= 4 is 0 Å². The first-order chi connectivity index (χ1) is 14.0. The average molecular weight is 380 g/mol. The summed E-state index contributed by atoms with van der Waals surface area (Å²) in [5.41, 5.74) is 7.62. The maximum atomic E-state index is 10.7. The molecule has 144 valence electrons. The molecule has 2 N–H and O–H groups in total. The SMILES string of the molecule is Cc1cc(-c2ccccc2)cc(Cc2cc(-c3ccccc3)cc(C)c2O)c1O. The predicted molar refractivity (Wildman–Crippen MR) is 119 cm³/mol. The van der Waals surface area contributed by atoms with Crippen molar-refractivity contribution in [3.05, 3.63) is 107 Å². The molecule has 0 radical (unpaired) electrons. The highest BCUT2D eigenvalue weighted by Gasteiger charge is 2.14. The van der Waals surface area contributed by atoms with Crippen LogP contribution in [0.2, 0.25) is 0 Å². The second-order valence-electron chi connectivity index (χ2n) is 7.51. The van der Waals surface area contributed by atoms with Gasteiger partial charge in [0.15, 0.2) is 0 Å². The molecule has 2 nitrogen and oxygen atoms in total. The molecule has 0 fully saturated rings. The van der Waals surface area contributed by atoms with Crippen molar-refractivity contribution in [1.82, 2.24) is 0 Å². The summed E-state index contributed by atoms with van der Waals surface area (Å²) in [6, 6.07) is 28.3. The first kappa shape index (κ1) is 18.8. The van der Waals surface area contributed by atoms with Crippen molar-refractivity contribution in [2.45, 2.75) is 20.3 Å². The second kappa shape index (κ2) is 7.84. The Morgan fingerprint density at radius 3 is 1.28 bits per heavy atom. The molecule has 0 aliphatic rings. The lowest BCUT2D eigenvalue weighted by Gasteiger charge is -2.15. The van der Waals surface area contributed by atoms with Crippen molar-refractivity contribution in [2.75, 3.05) is 0 Å². The molecule has 0 amide bonds. The molecule has 0 saturated heterocycles. The Hall–Kier alpha value is -3.52. The zero-order chi connectivity index (χ0) is 20.4. The monoisotopic (exact) mass is 380 g/mol. The van der Waals surface area contributed by atoms with E-state index in [1.54, 1.807) is 0 Å². The molecule has 0 spiro atoms. The number of hydrogen-bond acceptors (Lipinski definition) is 2. The van der Waals surface area contributed by atoms with Gasteiger partial charge >= 0.3 is 0 Å². The van der Waals surface area contributed by atoms with Crippen LogP contribution in [0.15, 0.2) is 84.9 Å². The van der Waals surface area contributed by atoms with Crippen LogP contribution in [0, 0.1) is 13.8 Å². The van der Waals surface area contributed by atoms with E-state index >= 15 is 0 Å². The van der Waals surface area contributed by atoms with Crippen LogP contribution >= 0.6 is 0 Å². The number of benzene rings is 4. The number of aryl methyl sites for hydroxylation is 2. The van der Waals surface area contributed by atoms with Gasteiger partial charge in [0.1, 0.15) is 11.5 Å². The summed E-state index contributed by atoms with van der Waals surface area (Å²) in [5.74, 6) is 0.568. The lowest BCUT2D eigenvalue weighted by Crippen LogP contribution is -1.95. The summed E-state index contributed by atoms with van der Waals surface area (Å²) in [5, 5.41) is 21.4. The predicted octanol–water partition coefficient (Wildman–Crippen LogP) is 6.64. The van der Waals surface area contributed by atoms with Gasteiger partial charge in [-0.2, -0.15) is 0 Å². The number of phenolic OH excluding ortho intramolecular Hbond substituents is 2. The van der Waals surface area contributed by atoms with E-state index in [1.807, 2.05) is 74.5 Å². The van der Waals surface area contributed by atoms with Gasteiger partial charge in [-0.1, -0.05) is 60.7 Å². The van der Waals surface area contributed by atoms with Crippen LogP contribution in [0.4, 0.5) is 0 Å². The highest BCUT2D eigenvalue weighted by Crippen LogP contribution is 2.35. The third-order valence-electron chi connectivity index (χ3n) is 5.35. The third kappa shape index (κ3) is 3.88. The van der Waals surface area contributed by atoms with Gasteiger partial charge in [-0.3, -0.25) is 0 Å². The van der Waals surface area contributed by atoms with E-state index in [0.717, 1.165) is 44.5 Å². The van der Waals surface area contributed by atoms with Crippen molar-refractivity contribution < 1.29 is 10.2 Å². The Kier molecular flexibility index (Phi) is 5.09. The Bertz CT molecular complexity index is 1050. The highest BCUT2D eigenvalue weighted by atomic mass is 16.3. The van der Waals surface area contributed by atoms with Gasteiger partial charge in [-0.25, -0.2) is 0 Å². The topological polar surface area (TPSA) is 40.5 Å². The molecule has 0 aliphatic heterocycles. The van der Waals surface area contributed by atoms with E-state index in [2.05, 4.69) is 24.3 Å².